The van der Waals surface area contributed by atoms with Crippen LogP contribution in [0.2, 0.25) is 0 Å². The minimum atomic E-state index is -4.09. The van der Waals surface area contributed by atoms with E-state index in [0.29, 0.717) is 12.8 Å². The molecule has 0 fully saturated rings. The maximum Gasteiger partial charge on any atom is 0.322 e. The molecule has 4 aromatic rings. The molecule has 0 unspecified atom stereocenters. The van der Waals surface area contributed by atoms with Gasteiger partial charge in [0.1, 0.15) is 12.1 Å². The Balaban J connectivity index is 1.44. The van der Waals surface area contributed by atoms with Crippen LogP contribution in [0.1, 0.15) is 44.2 Å². The molecular weight excluding hydrogens is 641 g/mol. The number of benzene rings is 3. The lowest BCUT2D eigenvalue weighted by molar-refractivity contribution is -0.142. The van der Waals surface area contributed by atoms with E-state index in [2.05, 4.69) is 15.0 Å². The molecule has 4 rings (SSSR count). The second-order valence-electron chi connectivity index (χ2n) is 12.0. The number of carbonyl (C=O) groups excluding carboxylic acids is 1. The van der Waals surface area contributed by atoms with Crippen molar-refractivity contribution in [1.82, 2.24) is 19.3 Å². The van der Waals surface area contributed by atoms with E-state index in [4.69, 9.17) is 0 Å². The number of hydrogen-bond acceptors (Lipinski definition) is 6. The Morgan fingerprint density at radius 2 is 1.53 bits per heavy atom. The van der Waals surface area contributed by atoms with Crippen molar-refractivity contribution in [1.29, 1.82) is 0 Å². The molecule has 0 aliphatic heterocycles. The summed E-state index contributed by atoms with van der Waals surface area (Å²) in [4.78, 5) is 29.0. The van der Waals surface area contributed by atoms with E-state index in [-0.39, 0.29) is 41.6 Å². The Labute approximate surface area is 276 Å². The number of carboxylic acids is 1. The Morgan fingerprint density at radius 3 is 2.19 bits per heavy atom. The average Bonchev–Trinajstić information content (AvgIpc) is 3.44. The van der Waals surface area contributed by atoms with Crippen LogP contribution in [0.5, 0.6) is 0 Å². The first kappa shape index (κ1) is 35.8. The van der Waals surface area contributed by atoms with Gasteiger partial charge in [-0.15, -0.1) is 0 Å². The predicted molar refractivity (Wildman–Crippen MR) is 181 cm³/mol. The number of aromatic amines is 1. The van der Waals surface area contributed by atoms with E-state index in [1.165, 1.54) is 24.3 Å². The fourth-order valence-corrected chi connectivity index (χ4v) is 8.34. The third kappa shape index (κ3) is 9.28. The topological polar surface area (TPSA) is 166 Å². The van der Waals surface area contributed by atoms with Crippen molar-refractivity contribution in [3.8, 4) is 0 Å². The van der Waals surface area contributed by atoms with Gasteiger partial charge in [0.15, 0.2) is 0 Å². The van der Waals surface area contributed by atoms with Crippen LogP contribution in [0.15, 0.2) is 94.9 Å². The molecule has 1 amide bonds. The summed E-state index contributed by atoms with van der Waals surface area (Å²) in [6, 6.07) is 19.2. The number of aliphatic carboxylic acids is 1. The SMILES string of the molecule is Cc1ccc(S(=O)(=O)N(CC(C)C)[C@@H](CCCCNC(=O)[C@H](Cc2c[nH]c3ccccc23)NS(=O)(=O)c2ccccc2)C(=O)O)cc1. The van der Waals surface area contributed by atoms with Crippen molar-refractivity contribution in [3.63, 3.8) is 0 Å². The lowest BCUT2D eigenvalue weighted by Gasteiger charge is -2.29. The van der Waals surface area contributed by atoms with E-state index in [0.717, 1.165) is 26.3 Å². The van der Waals surface area contributed by atoms with Crippen molar-refractivity contribution < 1.29 is 31.5 Å². The second-order valence-corrected chi connectivity index (χ2v) is 15.6. The van der Waals surface area contributed by atoms with Gasteiger partial charge >= 0.3 is 5.97 Å². The Morgan fingerprint density at radius 1 is 0.872 bits per heavy atom. The molecule has 0 saturated carbocycles. The van der Waals surface area contributed by atoms with Gasteiger partial charge in [0.25, 0.3) is 0 Å². The molecule has 47 heavy (non-hydrogen) atoms. The molecule has 13 heteroatoms. The first-order chi connectivity index (χ1) is 22.3. The van der Waals surface area contributed by atoms with Crippen LogP contribution in [0.25, 0.3) is 10.9 Å². The highest BCUT2D eigenvalue weighted by Gasteiger charge is 2.36. The lowest BCUT2D eigenvalue weighted by Crippen LogP contribution is -2.48. The minimum Gasteiger partial charge on any atom is -0.480 e. The number of H-pyrrole nitrogens is 1. The van der Waals surface area contributed by atoms with Gasteiger partial charge in [0.05, 0.1) is 9.79 Å². The molecule has 0 bridgehead atoms. The summed E-state index contributed by atoms with van der Waals surface area (Å²) in [7, 11) is -8.12. The first-order valence-electron chi connectivity index (χ1n) is 15.5. The van der Waals surface area contributed by atoms with Gasteiger partial charge in [-0.25, -0.2) is 16.8 Å². The van der Waals surface area contributed by atoms with Crippen molar-refractivity contribution in [2.75, 3.05) is 13.1 Å². The van der Waals surface area contributed by atoms with Gasteiger partial charge in [0.2, 0.25) is 26.0 Å². The number of aryl methyl sites for hydroxylation is 1. The van der Waals surface area contributed by atoms with Gasteiger partial charge in [0, 0.05) is 30.2 Å². The summed E-state index contributed by atoms with van der Waals surface area (Å²) in [6.07, 6.45) is 2.52. The predicted octanol–water partition coefficient (Wildman–Crippen LogP) is 4.45. The van der Waals surface area contributed by atoms with Gasteiger partial charge in [-0.2, -0.15) is 9.03 Å². The number of para-hydroxylation sites is 1. The van der Waals surface area contributed by atoms with Crippen LogP contribution in [-0.4, -0.2) is 68.3 Å². The van der Waals surface area contributed by atoms with E-state index >= 15 is 0 Å². The number of fused-ring (bicyclic) bond motifs is 1. The zero-order chi connectivity index (χ0) is 34.2. The minimum absolute atomic E-state index is 0.0288. The summed E-state index contributed by atoms with van der Waals surface area (Å²) in [5.41, 5.74) is 2.50. The molecular formula is C34H42N4O7S2. The van der Waals surface area contributed by atoms with E-state index < -0.39 is 44.0 Å². The number of sulfonamides is 2. The maximum absolute atomic E-state index is 13.6. The van der Waals surface area contributed by atoms with Crippen molar-refractivity contribution in [2.24, 2.45) is 5.92 Å². The first-order valence-corrected chi connectivity index (χ1v) is 18.4. The highest BCUT2D eigenvalue weighted by Crippen LogP contribution is 2.24. The summed E-state index contributed by atoms with van der Waals surface area (Å²) in [6.45, 7) is 5.65. The highest BCUT2D eigenvalue weighted by atomic mass is 32.2. The Hall–Kier alpha value is -4.04. The largest absolute Gasteiger partial charge is 0.480 e. The van der Waals surface area contributed by atoms with Gasteiger partial charge in [-0.1, -0.05) is 67.9 Å². The van der Waals surface area contributed by atoms with Crippen LogP contribution in [0, 0.1) is 12.8 Å². The monoisotopic (exact) mass is 682 g/mol. The number of carboxylic acid groups (broad SMARTS) is 1. The average molecular weight is 683 g/mol. The molecule has 0 radical (unpaired) electrons. The number of nitrogens with zero attached hydrogens (tertiary/aromatic N) is 1. The van der Waals surface area contributed by atoms with E-state index in [9.17, 15) is 31.5 Å². The Bertz CT molecular complexity index is 1870. The van der Waals surface area contributed by atoms with Crippen molar-refractivity contribution in [2.45, 2.75) is 68.3 Å². The highest BCUT2D eigenvalue weighted by molar-refractivity contribution is 7.89. The van der Waals surface area contributed by atoms with Crippen molar-refractivity contribution in [3.05, 3.63) is 96.2 Å². The summed E-state index contributed by atoms with van der Waals surface area (Å²) >= 11 is 0. The third-order valence-corrected chi connectivity index (χ3v) is 11.2. The molecule has 252 valence electrons. The third-order valence-electron chi connectivity index (χ3n) is 7.78. The molecule has 0 saturated heterocycles. The van der Waals surface area contributed by atoms with Crippen LogP contribution < -0.4 is 10.0 Å². The summed E-state index contributed by atoms with van der Waals surface area (Å²) in [5.74, 6) is -1.91. The number of rotatable bonds is 17. The fourth-order valence-electron chi connectivity index (χ4n) is 5.35. The smallest absolute Gasteiger partial charge is 0.322 e. The van der Waals surface area contributed by atoms with Gasteiger partial charge in [-0.3, -0.25) is 9.59 Å². The zero-order valence-corrected chi connectivity index (χ0v) is 28.4. The lowest BCUT2D eigenvalue weighted by atomic mass is 10.0. The van der Waals surface area contributed by atoms with Crippen molar-refractivity contribution >= 4 is 42.8 Å². The number of nitrogens with one attached hydrogen (secondary N) is 3. The molecule has 0 spiro atoms. The number of unbranched alkanes of at least 4 members (excludes halogenated alkanes) is 1. The number of aromatic nitrogens is 1. The second kappa shape index (κ2) is 15.7. The quantitative estimate of drug-likeness (QED) is 0.119. The number of hydrogen-bond donors (Lipinski definition) is 4. The summed E-state index contributed by atoms with van der Waals surface area (Å²) < 4.78 is 57.1. The molecule has 1 heterocycles. The molecule has 4 N–H and O–H groups in total. The standard InChI is InChI=1S/C34H42N4O7S2/c1-24(2)23-38(47(44,45)28-18-16-25(3)17-19-28)32(34(40)41)15-9-10-20-35-33(39)31(37-46(42,43)27-11-5-4-6-12-27)21-26-22-36-30-14-8-7-13-29(26)30/h4-8,11-14,16-19,22,24,31-32,36-37H,9-10,15,20-21,23H2,1-3H3,(H,35,39)(H,40,41)/t31-,32-/m0/s1. The molecule has 2 atom stereocenters. The molecule has 11 nitrogen and oxygen atoms in total. The molecule has 0 aliphatic rings. The van der Waals surface area contributed by atoms with Gasteiger partial charge in [-0.05, 0) is 74.4 Å². The van der Waals surface area contributed by atoms with Gasteiger partial charge < -0.3 is 15.4 Å². The van der Waals surface area contributed by atoms with E-state index in [1.54, 1.807) is 36.5 Å². The number of carbonyl (C=O) groups is 2. The molecule has 0 aliphatic carbocycles. The zero-order valence-electron chi connectivity index (χ0n) is 26.7. The van der Waals surface area contributed by atoms with E-state index in [1.807, 2.05) is 45.0 Å². The number of amides is 1. The normalized spacial score (nSPS) is 13.6. The fraction of sp³-hybridized carbons (Fsp3) is 0.353. The molecule has 3 aromatic carbocycles. The molecule has 1 aromatic heterocycles. The van der Waals surface area contributed by atoms with Crippen LogP contribution in [-0.2, 0) is 36.1 Å². The maximum atomic E-state index is 13.6. The Kier molecular flexibility index (Phi) is 12.0. The van der Waals surface area contributed by atoms with Crippen LogP contribution in [0.3, 0.4) is 0 Å². The van der Waals surface area contributed by atoms with Crippen LogP contribution >= 0.6 is 0 Å². The van der Waals surface area contributed by atoms with Crippen LogP contribution in [0.4, 0.5) is 0 Å². The summed E-state index contributed by atoms with van der Waals surface area (Å²) in [5, 5.41) is 13.7.